The Bertz CT molecular complexity index is 535. The van der Waals surface area contributed by atoms with Crippen LogP contribution in [0, 0.1) is 5.92 Å². The molecule has 1 aliphatic carbocycles. The third-order valence-corrected chi connectivity index (χ3v) is 5.65. The third-order valence-electron chi connectivity index (χ3n) is 3.81. The second-order valence-corrected chi connectivity index (χ2v) is 7.62. The van der Waals surface area contributed by atoms with Crippen LogP contribution in [-0.4, -0.2) is 32.9 Å². The lowest BCUT2D eigenvalue weighted by atomic mass is 10.1. The molecule has 1 fully saturated rings. The van der Waals surface area contributed by atoms with Gasteiger partial charge in [0.1, 0.15) is 0 Å². The molecular formula is C15H24N2O2S. The van der Waals surface area contributed by atoms with Crippen LogP contribution in [0.15, 0.2) is 29.2 Å². The Morgan fingerprint density at radius 2 is 1.90 bits per heavy atom. The van der Waals surface area contributed by atoms with Crippen LogP contribution in [0.1, 0.15) is 38.3 Å². The first-order chi connectivity index (χ1) is 9.45. The largest absolute Gasteiger partial charge is 0.310 e. The first kappa shape index (κ1) is 15.5. The van der Waals surface area contributed by atoms with Crippen molar-refractivity contribution >= 4 is 10.0 Å². The van der Waals surface area contributed by atoms with Crippen molar-refractivity contribution < 1.29 is 8.42 Å². The summed E-state index contributed by atoms with van der Waals surface area (Å²) in [5, 5.41) is 3.32. The lowest BCUT2D eigenvalue weighted by molar-refractivity contribution is 0.453. The van der Waals surface area contributed by atoms with Crippen molar-refractivity contribution in [1.29, 1.82) is 0 Å². The van der Waals surface area contributed by atoms with Gasteiger partial charge in [-0.2, -0.15) is 0 Å². The Morgan fingerprint density at radius 1 is 1.30 bits per heavy atom. The fourth-order valence-electron chi connectivity index (χ4n) is 2.29. The van der Waals surface area contributed by atoms with Gasteiger partial charge in [-0.3, -0.25) is 0 Å². The molecule has 1 unspecified atom stereocenters. The molecule has 4 nitrogen and oxygen atoms in total. The highest BCUT2D eigenvalue weighted by atomic mass is 32.2. The molecule has 1 saturated carbocycles. The summed E-state index contributed by atoms with van der Waals surface area (Å²) >= 11 is 0. The summed E-state index contributed by atoms with van der Waals surface area (Å²) in [6.07, 6.45) is 2.30. The molecule has 1 atom stereocenters. The molecule has 0 bridgehead atoms. The van der Waals surface area contributed by atoms with E-state index in [0.717, 1.165) is 24.9 Å². The normalized spacial score (nSPS) is 17.4. The van der Waals surface area contributed by atoms with Gasteiger partial charge in [-0.15, -0.1) is 0 Å². The van der Waals surface area contributed by atoms with Crippen molar-refractivity contribution in [1.82, 2.24) is 9.62 Å². The molecule has 0 aliphatic heterocycles. The molecule has 5 heteroatoms. The van der Waals surface area contributed by atoms with Crippen LogP contribution < -0.4 is 5.32 Å². The first-order valence-electron chi connectivity index (χ1n) is 7.24. The van der Waals surface area contributed by atoms with E-state index in [9.17, 15) is 8.42 Å². The zero-order valence-electron chi connectivity index (χ0n) is 12.5. The van der Waals surface area contributed by atoms with Crippen LogP contribution in [-0.2, 0) is 10.0 Å². The van der Waals surface area contributed by atoms with Gasteiger partial charge < -0.3 is 5.32 Å². The molecule has 2 rings (SSSR count). The van der Waals surface area contributed by atoms with Gasteiger partial charge in [0, 0.05) is 19.6 Å². The summed E-state index contributed by atoms with van der Waals surface area (Å²) < 4.78 is 26.3. The van der Waals surface area contributed by atoms with Crippen molar-refractivity contribution in [3.8, 4) is 0 Å². The van der Waals surface area contributed by atoms with Crippen LogP contribution in [0.4, 0.5) is 0 Å². The van der Waals surface area contributed by atoms with E-state index in [2.05, 4.69) is 19.2 Å². The van der Waals surface area contributed by atoms with E-state index in [1.54, 1.807) is 19.2 Å². The van der Waals surface area contributed by atoms with Crippen molar-refractivity contribution in [3.63, 3.8) is 0 Å². The van der Waals surface area contributed by atoms with Crippen LogP contribution >= 0.6 is 0 Å². The van der Waals surface area contributed by atoms with Crippen LogP contribution in [0.2, 0.25) is 0 Å². The number of rotatable bonds is 7. The predicted octanol–water partition coefficient (Wildman–Crippen LogP) is 2.39. The monoisotopic (exact) mass is 296 g/mol. The minimum absolute atomic E-state index is 0.237. The molecule has 0 heterocycles. The Labute approximate surface area is 122 Å². The summed E-state index contributed by atoms with van der Waals surface area (Å²) in [5.74, 6) is 0.558. The van der Waals surface area contributed by atoms with Gasteiger partial charge in [0.05, 0.1) is 4.90 Å². The summed E-state index contributed by atoms with van der Waals surface area (Å²) in [5.41, 5.74) is 1.11. The molecule has 0 spiro atoms. The highest BCUT2D eigenvalue weighted by molar-refractivity contribution is 7.89. The minimum Gasteiger partial charge on any atom is -0.310 e. The third kappa shape index (κ3) is 3.59. The highest BCUT2D eigenvalue weighted by Crippen LogP contribution is 2.31. The summed E-state index contributed by atoms with van der Waals surface area (Å²) in [6.45, 7) is 5.66. The Balaban J connectivity index is 2.11. The van der Waals surface area contributed by atoms with E-state index >= 15 is 0 Å². The highest BCUT2D eigenvalue weighted by Gasteiger charge is 2.29. The van der Waals surface area contributed by atoms with E-state index in [4.69, 9.17) is 0 Å². The number of nitrogens with zero attached hydrogens (tertiary/aromatic N) is 1. The van der Waals surface area contributed by atoms with Gasteiger partial charge in [0.2, 0.25) is 10.0 Å². The maximum atomic E-state index is 12.4. The van der Waals surface area contributed by atoms with E-state index < -0.39 is 10.0 Å². The molecule has 0 radical (unpaired) electrons. The number of benzene rings is 1. The SMILES string of the molecule is CCNC(C)c1ccc(S(=O)(=O)N(C)CC2CC2)cc1. The molecule has 1 aliphatic rings. The standard InChI is InChI=1S/C15H24N2O2S/c1-4-16-12(2)14-7-9-15(10-8-14)20(18,19)17(3)11-13-5-6-13/h7-10,12-13,16H,4-6,11H2,1-3H3. The zero-order valence-corrected chi connectivity index (χ0v) is 13.3. The molecule has 20 heavy (non-hydrogen) atoms. The number of sulfonamides is 1. The van der Waals surface area contributed by atoms with Crippen molar-refractivity contribution in [2.45, 2.75) is 37.6 Å². The molecule has 112 valence electrons. The van der Waals surface area contributed by atoms with Gasteiger partial charge in [-0.25, -0.2) is 12.7 Å². The summed E-state index contributed by atoms with van der Waals surface area (Å²) in [6, 6.07) is 7.45. The van der Waals surface area contributed by atoms with Gasteiger partial charge in [-0.05, 0) is 49.9 Å². The average molecular weight is 296 g/mol. The maximum Gasteiger partial charge on any atom is 0.242 e. The quantitative estimate of drug-likeness (QED) is 0.840. The topological polar surface area (TPSA) is 49.4 Å². The summed E-state index contributed by atoms with van der Waals surface area (Å²) in [7, 11) is -1.67. The molecule has 1 aromatic rings. The van der Waals surface area contributed by atoms with E-state index in [1.807, 2.05) is 12.1 Å². The van der Waals surface area contributed by atoms with Gasteiger partial charge in [-0.1, -0.05) is 19.1 Å². The molecule has 1 aromatic carbocycles. The van der Waals surface area contributed by atoms with Crippen LogP contribution in [0.3, 0.4) is 0 Å². The van der Waals surface area contributed by atoms with Gasteiger partial charge in [0.15, 0.2) is 0 Å². The minimum atomic E-state index is -3.34. The van der Waals surface area contributed by atoms with E-state index in [-0.39, 0.29) is 6.04 Å². The lowest BCUT2D eigenvalue weighted by Gasteiger charge is -2.18. The predicted molar refractivity (Wildman–Crippen MR) is 81.1 cm³/mol. The molecule has 1 N–H and O–H groups in total. The Morgan fingerprint density at radius 3 is 2.40 bits per heavy atom. The molecule has 0 aromatic heterocycles. The number of nitrogens with one attached hydrogen (secondary N) is 1. The fraction of sp³-hybridized carbons (Fsp3) is 0.600. The second-order valence-electron chi connectivity index (χ2n) is 5.58. The molecule has 0 amide bonds. The lowest BCUT2D eigenvalue weighted by Crippen LogP contribution is -2.29. The zero-order chi connectivity index (χ0) is 14.8. The van der Waals surface area contributed by atoms with E-state index in [0.29, 0.717) is 17.4 Å². The van der Waals surface area contributed by atoms with Crippen LogP contribution in [0.25, 0.3) is 0 Å². The van der Waals surface area contributed by atoms with Gasteiger partial charge in [0.25, 0.3) is 0 Å². The van der Waals surface area contributed by atoms with Crippen molar-refractivity contribution in [2.24, 2.45) is 5.92 Å². The number of hydrogen-bond acceptors (Lipinski definition) is 3. The smallest absolute Gasteiger partial charge is 0.242 e. The van der Waals surface area contributed by atoms with Crippen molar-refractivity contribution in [2.75, 3.05) is 20.1 Å². The maximum absolute atomic E-state index is 12.4. The second kappa shape index (κ2) is 6.24. The number of hydrogen-bond donors (Lipinski definition) is 1. The Kier molecular flexibility index (Phi) is 4.83. The molecular weight excluding hydrogens is 272 g/mol. The summed E-state index contributed by atoms with van der Waals surface area (Å²) in [4.78, 5) is 0.382. The van der Waals surface area contributed by atoms with Crippen molar-refractivity contribution in [3.05, 3.63) is 29.8 Å². The van der Waals surface area contributed by atoms with E-state index in [1.165, 1.54) is 4.31 Å². The average Bonchev–Trinajstić information content (AvgIpc) is 3.23. The molecule has 0 saturated heterocycles. The fourth-order valence-corrected chi connectivity index (χ4v) is 3.54. The Hall–Kier alpha value is -0.910. The van der Waals surface area contributed by atoms with Gasteiger partial charge >= 0.3 is 0 Å². The van der Waals surface area contributed by atoms with Crippen LogP contribution in [0.5, 0.6) is 0 Å². The first-order valence-corrected chi connectivity index (χ1v) is 8.69.